The van der Waals surface area contributed by atoms with E-state index in [1.165, 1.54) is 30.4 Å². The molecule has 2 aromatic carbocycles. The zero-order valence-electron chi connectivity index (χ0n) is 20.1. The number of ether oxygens (including phenoxy) is 1. The molecule has 1 aliphatic rings. The van der Waals surface area contributed by atoms with E-state index < -0.39 is 0 Å². The highest BCUT2D eigenvalue weighted by atomic mass is 35.5. The summed E-state index contributed by atoms with van der Waals surface area (Å²) >= 11 is 12.9. The molecular formula is C29H29Cl2N3O. The average molecular weight is 506 g/mol. The molecule has 0 amide bonds. The second kappa shape index (κ2) is 10.5. The van der Waals surface area contributed by atoms with Gasteiger partial charge in [0, 0.05) is 34.9 Å². The first-order valence-corrected chi connectivity index (χ1v) is 12.9. The van der Waals surface area contributed by atoms with E-state index in [9.17, 15) is 0 Å². The molecule has 35 heavy (non-hydrogen) atoms. The van der Waals surface area contributed by atoms with E-state index in [2.05, 4.69) is 48.4 Å². The van der Waals surface area contributed by atoms with Gasteiger partial charge in [-0.2, -0.15) is 0 Å². The van der Waals surface area contributed by atoms with Crippen LogP contribution in [-0.4, -0.2) is 29.2 Å². The first kappa shape index (κ1) is 24.1. The molecule has 1 saturated heterocycles. The SMILES string of the molecule is Cc1cc(C)cc(-c2cnc3cc(Cl)c(-c4ccnc(Cl)c4)cc3c2OCCC2CCCCN2)c1. The zero-order valence-corrected chi connectivity index (χ0v) is 21.6. The molecule has 1 unspecified atom stereocenters. The average Bonchev–Trinajstić information content (AvgIpc) is 2.83. The van der Waals surface area contributed by atoms with Gasteiger partial charge >= 0.3 is 0 Å². The molecule has 0 saturated carbocycles. The molecular weight excluding hydrogens is 477 g/mol. The van der Waals surface area contributed by atoms with Gasteiger partial charge in [0.15, 0.2) is 0 Å². The van der Waals surface area contributed by atoms with Crippen molar-refractivity contribution in [3.8, 4) is 28.0 Å². The first-order chi connectivity index (χ1) is 17.0. The van der Waals surface area contributed by atoms with Crippen LogP contribution in [0.2, 0.25) is 10.2 Å². The van der Waals surface area contributed by atoms with Crippen molar-refractivity contribution in [3.05, 3.63) is 76.2 Å². The standard InChI is InChI=1S/C29H29Cl2N3O/c1-18-11-19(2)13-21(12-18)25-17-34-27-16-26(30)23(20-6-9-33-28(31)14-20)15-24(27)29(25)35-10-7-22-5-3-4-8-32-22/h6,9,11-17,22,32H,3-5,7-8,10H2,1-2H3. The minimum absolute atomic E-state index is 0.428. The van der Waals surface area contributed by atoms with Crippen molar-refractivity contribution >= 4 is 34.1 Å². The van der Waals surface area contributed by atoms with Gasteiger partial charge in [-0.25, -0.2) is 4.98 Å². The number of piperidine rings is 1. The molecule has 0 spiro atoms. The quantitative estimate of drug-likeness (QED) is 0.271. The van der Waals surface area contributed by atoms with Crippen molar-refractivity contribution in [3.63, 3.8) is 0 Å². The van der Waals surface area contributed by atoms with Gasteiger partial charge in [-0.1, -0.05) is 58.9 Å². The van der Waals surface area contributed by atoms with Crippen LogP contribution in [0.3, 0.4) is 0 Å². The van der Waals surface area contributed by atoms with Gasteiger partial charge < -0.3 is 10.1 Å². The summed E-state index contributed by atoms with van der Waals surface area (Å²) in [5.74, 6) is 0.842. The molecule has 4 nitrogen and oxygen atoms in total. The predicted molar refractivity (Wildman–Crippen MR) is 146 cm³/mol. The van der Waals surface area contributed by atoms with Gasteiger partial charge in [-0.15, -0.1) is 0 Å². The van der Waals surface area contributed by atoms with Crippen LogP contribution in [0.1, 0.15) is 36.8 Å². The topological polar surface area (TPSA) is 47.0 Å². The van der Waals surface area contributed by atoms with Gasteiger partial charge in [-0.3, -0.25) is 4.98 Å². The summed E-state index contributed by atoms with van der Waals surface area (Å²) in [5.41, 5.74) is 7.10. The molecule has 1 fully saturated rings. The number of benzene rings is 2. The fraction of sp³-hybridized carbons (Fsp3) is 0.310. The summed E-state index contributed by atoms with van der Waals surface area (Å²) in [4.78, 5) is 8.88. The van der Waals surface area contributed by atoms with E-state index >= 15 is 0 Å². The Hall–Kier alpha value is -2.66. The zero-order chi connectivity index (χ0) is 24.4. The minimum atomic E-state index is 0.428. The summed E-state index contributed by atoms with van der Waals surface area (Å²) < 4.78 is 6.58. The summed E-state index contributed by atoms with van der Waals surface area (Å²) in [6.07, 6.45) is 8.30. The number of rotatable bonds is 6. The van der Waals surface area contributed by atoms with Crippen molar-refractivity contribution in [2.75, 3.05) is 13.2 Å². The molecule has 1 atom stereocenters. The van der Waals surface area contributed by atoms with Crippen molar-refractivity contribution in [2.24, 2.45) is 0 Å². The lowest BCUT2D eigenvalue weighted by Crippen LogP contribution is -2.35. The molecule has 0 radical (unpaired) electrons. The Kier molecular flexibility index (Phi) is 7.24. The Balaban J connectivity index is 1.61. The number of aryl methyl sites for hydroxylation is 2. The van der Waals surface area contributed by atoms with Crippen molar-refractivity contribution in [2.45, 2.75) is 45.6 Å². The molecule has 1 aliphatic heterocycles. The molecule has 180 valence electrons. The number of hydrogen-bond acceptors (Lipinski definition) is 4. The van der Waals surface area contributed by atoms with Crippen LogP contribution in [0.5, 0.6) is 5.75 Å². The molecule has 5 rings (SSSR count). The van der Waals surface area contributed by atoms with Gasteiger partial charge in [0.05, 0.1) is 17.1 Å². The van der Waals surface area contributed by atoms with Crippen LogP contribution < -0.4 is 10.1 Å². The number of fused-ring (bicyclic) bond motifs is 1. The summed E-state index contributed by atoms with van der Waals surface area (Å²) in [6, 6.07) is 14.8. The van der Waals surface area contributed by atoms with E-state index in [1.807, 2.05) is 24.4 Å². The fourth-order valence-electron chi connectivity index (χ4n) is 4.95. The van der Waals surface area contributed by atoms with Gasteiger partial charge in [0.2, 0.25) is 0 Å². The Morgan fingerprint density at radius 1 is 0.943 bits per heavy atom. The van der Waals surface area contributed by atoms with Crippen LogP contribution in [0, 0.1) is 13.8 Å². The number of hydrogen-bond donors (Lipinski definition) is 1. The van der Waals surface area contributed by atoms with E-state index in [4.69, 9.17) is 32.9 Å². The number of nitrogens with one attached hydrogen (secondary N) is 1. The summed E-state index contributed by atoms with van der Waals surface area (Å²) in [6.45, 7) is 5.96. The monoisotopic (exact) mass is 505 g/mol. The predicted octanol–water partition coefficient (Wildman–Crippen LogP) is 7.80. The van der Waals surface area contributed by atoms with Crippen LogP contribution >= 0.6 is 23.2 Å². The second-order valence-electron chi connectivity index (χ2n) is 9.38. The lowest BCUT2D eigenvalue weighted by atomic mass is 9.97. The number of halogens is 2. The third-order valence-electron chi connectivity index (χ3n) is 6.60. The van der Waals surface area contributed by atoms with E-state index in [0.717, 1.165) is 51.9 Å². The number of nitrogens with zero attached hydrogens (tertiary/aromatic N) is 2. The first-order valence-electron chi connectivity index (χ1n) is 12.2. The molecule has 0 aliphatic carbocycles. The Morgan fingerprint density at radius 3 is 2.51 bits per heavy atom. The van der Waals surface area contributed by atoms with Crippen LogP contribution in [0.4, 0.5) is 0 Å². The maximum atomic E-state index is 6.69. The maximum absolute atomic E-state index is 6.69. The molecule has 6 heteroatoms. The maximum Gasteiger partial charge on any atom is 0.138 e. The molecule has 3 heterocycles. The Morgan fingerprint density at radius 2 is 1.77 bits per heavy atom. The van der Waals surface area contributed by atoms with Gasteiger partial charge in [-0.05, 0) is 75.0 Å². The van der Waals surface area contributed by atoms with Crippen molar-refractivity contribution < 1.29 is 4.74 Å². The van der Waals surface area contributed by atoms with Crippen LogP contribution in [-0.2, 0) is 0 Å². The normalized spacial score (nSPS) is 15.9. The second-order valence-corrected chi connectivity index (χ2v) is 10.2. The van der Waals surface area contributed by atoms with E-state index in [-0.39, 0.29) is 0 Å². The molecule has 4 aromatic rings. The third-order valence-corrected chi connectivity index (χ3v) is 7.12. The highest BCUT2D eigenvalue weighted by Crippen LogP contribution is 2.41. The number of pyridine rings is 2. The third kappa shape index (κ3) is 5.45. The largest absolute Gasteiger partial charge is 0.492 e. The minimum Gasteiger partial charge on any atom is -0.492 e. The lowest BCUT2D eigenvalue weighted by molar-refractivity contribution is 0.271. The summed E-state index contributed by atoms with van der Waals surface area (Å²) in [7, 11) is 0. The Labute approximate surface area is 216 Å². The Bertz CT molecular complexity index is 1350. The van der Waals surface area contributed by atoms with Crippen LogP contribution in [0.25, 0.3) is 33.2 Å². The fourth-order valence-corrected chi connectivity index (χ4v) is 5.39. The lowest BCUT2D eigenvalue weighted by Gasteiger charge is -2.24. The van der Waals surface area contributed by atoms with Crippen LogP contribution in [0.15, 0.2) is 54.9 Å². The van der Waals surface area contributed by atoms with E-state index in [1.54, 1.807) is 6.20 Å². The van der Waals surface area contributed by atoms with Crippen molar-refractivity contribution in [1.82, 2.24) is 15.3 Å². The highest BCUT2D eigenvalue weighted by Gasteiger charge is 2.18. The van der Waals surface area contributed by atoms with Gasteiger partial charge in [0.25, 0.3) is 0 Å². The number of aromatic nitrogens is 2. The summed E-state index contributed by atoms with van der Waals surface area (Å²) in [5, 5.41) is 5.60. The molecule has 1 N–H and O–H groups in total. The van der Waals surface area contributed by atoms with Crippen molar-refractivity contribution in [1.29, 1.82) is 0 Å². The highest BCUT2D eigenvalue weighted by molar-refractivity contribution is 6.34. The molecule has 2 aromatic heterocycles. The molecule has 0 bridgehead atoms. The van der Waals surface area contributed by atoms with Gasteiger partial charge in [0.1, 0.15) is 10.9 Å². The van der Waals surface area contributed by atoms with E-state index in [0.29, 0.717) is 22.8 Å². The smallest absolute Gasteiger partial charge is 0.138 e.